The number of likely N-dealkylation sites (N-methyl/N-ethyl adjacent to an activating group) is 1. The summed E-state index contributed by atoms with van der Waals surface area (Å²) in [6.07, 6.45) is 1.07. The molecule has 0 radical (unpaired) electrons. The maximum Gasteiger partial charge on any atom is 0.236 e. The van der Waals surface area contributed by atoms with Crippen LogP contribution in [0.5, 0.6) is 0 Å². The van der Waals surface area contributed by atoms with E-state index in [2.05, 4.69) is 26.1 Å². The van der Waals surface area contributed by atoms with E-state index in [1.165, 1.54) is 0 Å². The van der Waals surface area contributed by atoms with Gasteiger partial charge in [0.1, 0.15) is 0 Å². The maximum absolute atomic E-state index is 11.7. The number of hydrogen-bond acceptors (Lipinski definition) is 2. The molecule has 3 heteroatoms. The van der Waals surface area contributed by atoms with Gasteiger partial charge in [0.2, 0.25) is 5.91 Å². The fraction of sp³-hybridized carbons (Fsp3) is 0.917. The number of amides is 1. The van der Waals surface area contributed by atoms with Gasteiger partial charge in [0, 0.05) is 19.1 Å². The van der Waals surface area contributed by atoms with Gasteiger partial charge < -0.3 is 10.2 Å². The topological polar surface area (TPSA) is 32.3 Å². The van der Waals surface area contributed by atoms with Gasteiger partial charge in [-0.3, -0.25) is 4.79 Å². The van der Waals surface area contributed by atoms with Crippen molar-refractivity contribution in [2.75, 3.05) is 19.6 Å². The Morgan fingerprint density at radius 1 is 1.20 bits per heavy atom. The molecular weight excluding hydrogens is 188 g/mol. The second-order valence-electron chi connectivity index (χ2n) is 4.21. The van der Waals surface area contributed by atoms with Crippen LogP contribution in [0.3, 0.4) is 0 Å². The van der Waals surface area contributed by atoms with Gasteiger partial charge >= 0.3 is 0 Å². The van der Waals surface area contributed by atoms with Crippen LogP contribution in [0.1, 0.15) is 41.0 Å². The third kappa shape index (κ3) is 5.17. The summed E-state index contributed by atoms with van der Waals surface area (Å²) in [5, 5.41) is 3.33. The quantitative estimate of drug-likeness (QED) is 0.702. The minimum atomic E-state index is 0.208. The SMILES string of the molecule is CCC(NCC(=O)N(CC)CC)C(C)C. The van der Waals surface area contributed by atoms with Gasteiger partial charge in [-0.2, -0.15) is 0 Å². The van der Waals surface area contributed by atoms with Crippen LogP contribution in [0, 0.1) is 5.92 Å². The number of rotatable bonds is 7. The van der Waals surface area contributed by atoms with Gasteiger partial charge in [-0.25, -0.2) is 0 Å². The second kappa shape index (κ2) is 7.69. The van der Waals surface area contributed by atoms with Crippen LogP contribution < -0.4 is 5.32 Å². The predicted octanol–water partition coefficient (Wildman–Crippen LogP) is 1.88. The van der Waals surface area contributed by atoms with Gasteiger partial charge in [-0.15, -0.1) is 0 Å². The van der Waals surface area contributed by atoms with E-state index in [1.807, 2.05) is 18.7 Å². The summed E-state index contributed by atoms with van der Waals surface area (Å²) in [5.41, 5.74) is 0. The molecule has 0 aliphatic carbocycles. The smallest absolute Gasteiger partial charge is 0.236 e. The van der Waals surface area contributed by atoms with Crippen molar-refractivity contribution in [3.05, 3.63) is 0 Å². The highest BCUT2D eigenvalue weighted by atomic mass is 16.2. The molecule has 0 bridgehead atoms. The van der Waals surface area contributed by atoms with Crippen LogP contribution >= 0.6 is 0 Å². The number of carbonyl (C=O) groups is 1. The van der Waals surface area contributed by atoms with E-state index in [0.29, 0.717) is 18.5 Å². The van der Waals surface area contributed by atoms with Crippen molar-refractivity contribution in [2.45, 2.75) is 47.1 Å². The maximum atomic E-state index is 11.7. The highest BCUT2D eigenvalue weighted by molar-refractivity contribution is 5.78. The Bertz CT molecular complexity index is 176. The van der Waals surface area contributed by atoms with Crippen molar-refractivity contribution >= 4 is 5.91 Å². The Hall–Kier alpha value is -0.570. The van der Waals surface area contributed by atoms with E-state index in [9.17, 15) is 4.79 Å². The van der Waals surface area contributed by atoms with E-state index in [4.69, 9.17) is 0 Å². The monoisotopic (exact) mass is 214 g/mol. The Balaban J connectivity index is 3.97. The zero-order chi connectivity index (χ0) is 11.8. The minimum absolute atomic E-state index is 0.208. The molecule has 0 spiro atoms. The first-order chi connectivity index (χ1) is 7.06. The van der Waals surface area contributed by atoms with Crippen LogP contribution in [0.25, 0.3) is 0 Å². The van der Waals surface area contributed by atoms with Gasteiger partial charge in [0.05, 0.1) is 6.54 Å². The normalized spacial score (nSPS) is 12.9. The summed E-state index contributed by atoms with van der Waals surface area (Å²) < 4.78 is 0. The first-order valence-electron chi connectivity index (χ1n) is 6.07. The van der Waals surface area contributed by atoms with E-state index in [-0.39, 0.29) is 5.91 Å². The molecule has 0 aliphatic rings. The third-order valence-electron chi connectivity index (χ3n) is 2.88. The molecule has 0 saturated carbocycles. The molecule has 3 nitrogen and oxygen atoms in total. The Morgan fingerprint density at radius 3 is 2.07 bits per heavy atom. The number of hydrogen-bond donors (Lipinski definition) is 1. The molecule has 1 atom stereocenters. The standard InChI is InChI=1S/C12H26N2O/c1-6-11(10(4)5)13-9-12(15)14(7-2)8-3/h10-11,13H,6-9H2,1-5H3. The zero-order valence-corrected chi connectivity index (χ0v) is 10.8. The largest absolute Gasteiger partial charge is 0.342 e. The summed E-state index contributed by atoms with van der Waals surface area (Å²) in [4.78, 5) is 13.6. The van der Waals surface area contributed by atoms with Crippen molar-refractivity contribution in [2.24, 2.45) is 5.92 Å². The lowest BCUT2D eigenvalue weighted by Crippen LogP contribution is -2.43. The highest BCUT2D eigenvalue weighted by Crippen LogP contribution is 2.04. The van der Waals surface area contributed by atoms with E-state index in [0.717, 1.165) is 19.5 Å². The summed E-state index contributed by atoms with van der Waals surface area (Å²) in [7, 11) is 0. The van der Waals surface area contributed by atoms with Crippen LogP contribution in [-0.4, -0.2) is 36.5 Å². The summed E-state index contributed by atoms with van der Waals surface area (Å²) in [5.74, 6) is 0.790. The lowest BCUT2D eigenvalue weighted by Gasteiger charge is -2.23. The average molecular weight is 214 g/mol. The van der Waals surface area contributed by atoms with Gasteiger partial charge in [-0.1, -0.05) is 20.8 Å². The summed E-state index contributed by atoms with van der Waals surface area (Å²) in [6, 6.07) is 0.449. The first kappa shape index (κ1) is 14.4. The lowest BCUT2D eigenvalue weighted by molar-refractivity contribution is -0.130. The van der Waals surface area contributed by atoms with Crippen LogP contribution in [0.2, 0.25) is 0 Å². The molecule has 0 aromatic heterocycles. The fourth-order valence-corrected chi connectivity index (χ4v) is 1.76. The Morgan fingerprint density at radius 2 is 1.73 bits per heavy atom. The zero-order valence-electron chi connectivity index (χ0n) is 10.8. The van der Waals surface area contributed by atoms with Crippen LogP contribution in [-0.2, 0) is 4.79 Å². The van der Waals surface area contributed by atoms with E-state index < -0.39 is 0 Å². The third-order valence-corrected chi connectivity index (χ3v) is 2.88. The molecule has 0 aromatic rings. The van der Waals surface area contributed by atoms with Crippen molar-refractivity contribution in [3.63, 3.8) is 0 Å². The minimum Gasteiger partial charge on any atom is -0.342 e. The van der Waals surface area contributed by atoms with Gasteiger partial charge in [0.15, 0.2) is 0 Å². The molecule has 0 heterocycles. The summed E-state index contributed by atoms with van der Waals surface area (Å²) >= 11 is 0. The second-order valence-corrected chi connectivity index (χ2v) is 4.21. The molecule has 1 N–H and O–H groups in total. The molecule has 0 fully saturated rings. The van der Waals surface area contributed by atoms with Crippen molar-refractivity contribution in [1.29, 1.82) is 0 Å². The Labute approximate surface area is 94.2 Å². The average Bonchev–Trinajstić information content (AvgIpc) is 2.20. The molecule has 90 valence electrons. The molecule has 1 amide bonds. The van der Waals surface area contributed by atoms with Crippen LogP contribution in [0.15, 0.2) is 0 Å². The van der Waals surface area contributed by atoms with Crippen molar-refractivity contribution < 1.29 is 4.79 Å². The number of nitrogens with one attached hydrogen (secondary N) is 1. The molecule has 1 unspecified atom stereocenters. The number of nitrogens with zero attached hydrogens (tertiary/aromatic N) is 1. The molecule has 0 aliphatic heterocycles. The van der Waals surface area contributed by atoms with Gasteiger partial charge in [0.25, 0.3) is 0 Å². The molecule has 15 heavy (non-hydrogen) atoms. The van der Waals surface area contributed by atoms with Crippen LogP contribution in [0.4, 0.5) is 0 Å². The fourth-order valence-electron chi connectivity index (χ4n) is 1.76. The van der Waals surface area contributed by atoms with Crippen molar-refractivity contribution in [1.82, 2.24) is 10.2 Å². The predicted molar refractivity (Wildman–Crippen MR) is 64.8 cm³/mol. The first-order valence-corrected chi connectivity index (χ1v) is 6.07. The number of carbonyl (C=O) groups excluding carboxylic acids is 1. The molecule has 0 rings (SSSR count). The molecular formula is C12H26N2O. The Kier molecular flexibility index (Phi) is 7.39. The molecule has 0 aromatic carbocycles. The molecule has 0 saturated heterocycles. The summed E-state index contributed by atoms with van der Waals surface area (Å²) in [6.45, 7) is 12.6. The highest BCUT2D eigenvalue weighted by Gasteiger charge is 2.14. The lowest BCUT2D eigenvalue weighted by atomic mass is 10.0. The van der Waals surface area contributed by atoms with E-state index in [1.54, 1.807) is 0 Å². The van der Waals surface area contributed by atoms with E-state index >= 15 is 0 Å². The van der Waals surface area contributed by atoms with Crippen molar-refractivity contribution in [3.8, 4) is 0 Å². The van der Waals surface area contributed by atoms with Gasteiger partial charge in [-0.05, 0) is 26.2 Å².